The van der Waals surface area contributed by atoms with E-state index >= 15 is 0 Å². The Bertz CT molecular complexity index is 3100. The number of ether oxygens (including phenoxy) is 3. The van der Waals surface area contributed by atoms with E-state index in [1.54, 1.807) is 42.5 Å². The standard InChI is InChI=1S/C26H33N6O8P.C13H17N4O13P3/c1-4-17(5-2)38-25(35)16(3)31-41(36,40-18-9-7-6-8-10-18)37-13-20-22(33)23(34)26(14-27,39-20)21-12-11-19-24(28)29-15-30-32(19)21;14-6-13(10-2-1-8-7(15)3-4-16-17(8)10)12(19)11(18)9(28-13)5-27-32(23,24)30-33(25,26)29-31(20,21)22/h6-12,15-17,20,22-23,33-34H,4-5,13H2,1-3H3,(H,31,36)(H2,28,29,30);1-4,9,11-12,18-19H,5,15H2,(H,23,24)(H,25,26)(H2,20,21,22)/t16-,20+,22+,23+,26?,41-;9-,11-,12-,13?/m01/s1. The van der Waals surface area contributed by atoms with Crippen LogP contribution in [0.2, 0.25) is 0 Å². The number of carbonyl (C=O) groups is 1. The Balaban J connectivity index is 0.000000247. The molecule has 5 aromatic rings. The fraction of sp³-hybridized carbons (Fsp3) is 0.436. The van der Waals surface area contributed by atoms with Gasteiger partial charge in [-0.1, -0.05) is 32.0 Å². The number of nitrogens with zero attached hydrogens (tertiary/aromatic N) is 7. The van der Waals surface area contributed by atoms with E-state index in [0.717, 1.165) is 0 Å². The maximum atomic E-state index is 13.9. The number of para-hydroxylation sites is 1. The maximum Gasteiger partial charge on any atom is 0.490 e. The predicted molar refractivity (Wildman–Crippen MR) is 249 cm³/mol. The van der Waals surface area contributed by atoms with Crippen molar-refractivity contribution in [2.75, 3.05) is 24.7 Å². The van der Waals surface area contributed by atoms with Crippen molar-refractivity contribution >= 4 is 59.7 Å². The molecular weight excluding hydrogens is 1070 g/mol. The van der Waals surface area contributed by atoms with Gasteiger partial charge in [-0.05, 0) is 62.2 Å². The monoisotopic (exact) mass is 1120 g/mol. The largest absolute Gasteiger partial charge is 0.490 e. The number of phosphoric acid groups is 3. The summed E-state index contributed by atoms with van der Waals surface area (Å²) in [5.41, 5.74) is 8.45. The van der Waals surface area contributed by atoms with E-state index in [2.05, 4.69) is 33.4 Å². The van der Waals surface area contributed by atoms with Gasteiger partial charge in [-0.25, -0.2) is 32.3 Å². The lowest BCUT2D eigenvalue weighted by atomic mass is 9.92. The minimum atomic E-state index is -5.76. The third-order valence-corrected chi connectivity index (χ3v) is 16.6. The van der Waals surface area contributed by atoms with Gasteiger partial charge in [-0.3, -0.25) is 13.8 Å². The van der Waals surface area contributed by atoms with Crippen LogP contribution in [0.4, 0.5) is 11.5 Å². The van der Waals surface area contributed by atoms with Crippen molar-refractivity contribution < 1.29 is 99.5 Å². The second-order valence-corrected chi connectivity index (χ2v) is 22.3. The van der Waals surface area contributed by atoms with Crippen molar-refractivity contribution in [1.82, 2.24) is 29.3 Å². The minimum Gasteiger partial charge on any atom is -0.461 e. The number of hydrogen-bond acceptors (Lipinski definition) is 24. The van der Waals surface area contributed by atoms with Crippen LogP contribution in [0.25, 0.3) is 11.0 Å². The third-order valence-electron chi connectivity index (χ3n) is 11.2. The van der Waals surface area contributed by atoms with Gasteiger partial charge in [0.25, 0.3) is 0 Å². The Morgan fingerprint density at radius 3 is 1.86 bits per heavy atom. The number of nitrogen functional groups attached to an aromatic ring is 2. The molecule has 2 saturated heterocycles. The molecule has 2 aliphatic heterocycles. The third kappa shape index (κ3) is 12.7. The van der Waals surface area contributed by atoms with Crippen LogP contribution in [0.1, 0.15) is 45.0 Å². The second kappa shape index (κ2) is 22.9. The van der Waals surface area contributed by atoms with E-state index in [4.69, 9.17) is 49.4 Å². The molecule has 0 spiro atoms. The summed E-state index contributed by atoms with van der Waals surface area (Å²) in [4.78, 5) is 52.3. The number of fused-ring (bicyclic) bond motifs is 2. The van der Waals surface area contributed by atoms with Crippen LogP contribution in [0.3, 0.4) is 0 Å². The Hall–Kier alpha value is -5.30. The number of anilines is 2. The first-order valence-electron chi connectivity index (χ1n) is 21.7. The number of phosphoric ester groups is 1. The van der Waals surface area contributed by atoms with Crippen molar-refractivity contribution in [3.8, 4) is 17.9 Å². The molecule has 0 amide bonds. The molecule has 31 nitrogen and oxygen atoms in total. The zero-order chi connectivity index (χ0) is 54.6. The summed E-state index contributed by atoms with van der Waals surface area (Å²) >= 11 is 0. The van der Waals surface area contributed by atoms with Gasteiger partial charge in [0.05, 0.1) is 35.8 Å². The number of nitrogens with one attached hydrogen (secondary N) is 1. The Morgan fingerprint density at radius 2 is 1.32 bits per heavy atom. The molecule has 2 aliphatic rings. The van der Waals surface area contributed by atoms with E-state index in [1.165, 1.54) is 52.7 Å². The molecule has 402 valence electrons. The fourth-order valence-corrected chi connectivity index (χ4v) is 12.1. The highest BCUT2D eigenvalue weighted by Crippen LogP contribution is 2.66. The number of esters is 1. The normalized spacial score (nSPS) is 26.7. The van der Waals surface area contributed by atoms with E-state index in [9.17, 15) is 58.9 Å². The van der Waals surface area contributed by atoms with Crippen LogP contribution in [-0.2, 0) is 66.1 Å². The number of hydrogen-bond donors (Lipinski definition) is 11. The number of nitrogens with two attached hydrogens (primary N) is 2. The minimum absolute atomic E-state index is 0.0420. The molecular formula is C39H50N10O21P4. The maximum absolute atomic E-state index is 13.9. The molecule has 74 heavy (non-hydrogen) atoms. The van der Waals surface area contributed by atoms with E-state index in [1.807, 2.05) is 19.9 Å². The van der Waals surface area contributed by atoms with Gasteiger partial charge in [0.1, 0.15) is 78.5 Å². The first-order chi connectivity index (χ1) is 34.7. The zero-order valence-electron chi connectivity index (χ0n) is 38.8. The van der Waals surface area contributed by atoms with Gasteiger partial charge in [-0.15, -0.1) is 0 Å². The molecule has 12 atom stereocenters. The topological polar surface area (TPSA) is 480 Å². The van der Waals surface area contributed by atoms with E-state index in [-0.39, 0.29) is 34.7 Å². The van der Waals surface area contributed by atoms with E-state index < -0.39 is 104 Å². The van der Waals surface area contributed by atoms with Crippen LogP contribution in [0, 0.1) is 22.7 Å². The fourth-order valence-electron chi connectivity index (χ4n) is 7.55. The van der Waals surface area contributed by atoms with Crippen LogP contribution >= 0.6 is 31.2 Å². The molecule has 4 unspecified atom stereocenters. The first kappa shape index (κ1) is 58.0. The summed E-state index contributed by atoms with van der Waals surface area (Å²) in [6.45, 7) is 3.55. The van der Waals surface area contributed by atoms with Gasteiger partial charge < -0.3 is 70.2 Å². The van der Waals surface area contributed by atoms with Gasteiger partial charge in [0.2, 0.25) is 11.2 Å². The van der Waals surface area contributed by atoms with Crippen LogP contribution in [0.15, 0.2) is 73.2 Å². The van der Waals surface area contributed by atoms with Crippen molar-refractivity contribution in [1.29, 1.82) is 10.5 Å². The first-order valence-corrected chi connectivity index (χ1v) is 27.7. The number of carbonyl (C=O) groups excluding carboxylic acids is 1. The molecule has 7 rings (SSSR count). The van der Waals surface area contributed by atoms with Crippen molar-refractivity contribution in [3.63, 3.8) is 0 Å². The molecule has 2 fully saturated rings. The van der Waals surface area contributed by atoms with Gasteiger partial charge in [0.15, 0.2) is 5.82 Å². The quantitative estimate of drug-likeness (QED) is 0.0385. The highest BCUT2D eigenvalue weighted by molar-refractivity contribution is 7.66. The smallest absolute Gasteiger partial charge is 0.461 e. The molecule has 6 heterocycles. The van der Waals surface area contributed by atoms with Crippen LogP contribution in [0.5, 0.6) is 5.75 Å². The lowest BCUT2D eigenvalue weighted by Crippen LogP contribution is -2.41. The lowest BCUT2D eigenvalue weighted by molar-refractivity contribution is -0.151. The summed E-state index contributed by atoms with van der Waals surface area (Å²) in [7, 11) is -21.2. The molecule has 35 heteroatoms. The van der Waals surface area contributed by atoms with Crippen molar-refractivity contribution in [3.05, 3.63) is 84.6 Å². The van der Waals surface area contributed by atoms with Gasteiger partial charge >= 0.3 is 37.2 Å². The summed E-state index contributed by atoms with van der Waals surface area (Å²) in [6, 6.07) is 18.0. The van der Waals surface area contributed by atoms with Crippen LogP contribution in [-0.4, -0.2) is 132 Å². The number of nitriles is 2. The van der Waals surface area contributed by atoms with Gasteiger partial charge in [0, 0.05) is 6.20 Å². The molecule has 0 radical (unpaired) electrons. The molecule has 13 N–H and O–H groups in total. The number of aromatic nitrogens is 5. The highest BCUT2D eigenvalue weighted by Gasteiger charge is 2.59. The highest BCUT2D eigenvalue weighted by atomic mass is 31.3. The SMILES string of the molecule is CCC(CC)OC(=O)[C@H](C)N[P@](=O)(OC[C@H]1OC(C#N)(c2ccc3c(N)ncnn23)[C@H](O)[C@@H]1O)Oc1ccccc1.N#CC1(c2ccc3c(N)ccnn23)O[C@H](COP(=O)(O)OP(=O)(O)OP(=O)(O)O)[C@@H](O)[C@H]1O. The number of aliphatic hydroxyl groups is 4. The summed E-state index contributed by atoms with van der Waals surface area (Å²) in [5.74, 6) is -0.342. The number of benzene rings is 1. The summed E-state index contributed by atoms with van der Waals surface area (Å²) < 4.78 is 89.9. The Labute approximate surface area is 418 Å². The molecule has 4 aromatic heterocycles. The van der Waals surface area contributed by atoms with E-state index in [0.29, 0.717) is 23.9 Å². The second-order valence-electron chi connectivity index (χ2n) is 16.2. The average molecular weight is 1120 g/mol. The van der Waals surface area contributed by atoms with Crippen LogP contribution < -0.4 is 21.1 Å². The molecule has 0 aliphatic carbocycles. The Morgan fingerprint density at radius 1 is 0.784 bits per heavy atom. The average Bonchev–Trinajstić information content (AvgIpc) is 4.10. The van der Waals surface area contributed by atoms with Crippen molar-refractivity contribution in [2.24, 2.45) is 0 Å². The lowest BCUT2D eigenvalue weighted by Gasteiger charge is -2.26. The molecule has 1 aromatic carbocycles. The summed E-state index contributed by atoms with van der Waals surface area (Å²) in [6.07, 6.45) is -6.77. The van der Waals surface area contributed by atoms with Crippen molar-refractivity contribution in [2.45, 2.75) is 93.6 Å². The summed E-state index contributed by atoms with van der Waals surface area (Å²) in [5, 5.41) is 73.3. The number of rotatable bonds is 20. The molecule has 0 saturated carbocycles. The predicted octanol–water partition coefficient (Wildman–Crippen LogP) is 1.16. The van der Waals surface area contributed by atoms with Gasteiger partial charge in [-0.2, -0.15) is 34.4 Å². The zero-order valence-corrected chi connectivity index (χ0v) is 42.4. The molecule has 0 bridgehead atoms. The number of aliphatic hydroxyl groups excluding tert-OH is 4. The Kier molecular flexibility index (Phi) is 17.9.